The quantitative estimate of drug-likeness (QED) is 0.531. The van der Waals surface area contributed by atoms with E-state index in [2.05, 4.69) is 11.5 Å². The Bertz CT molecular complexity index is 209. The van der Waals surface area contributed by atoms with Gasteiger partial charge in [0.05, 0.1) is 12.6 Å². The van der Waals surface area contributed by atoms with E-state index in [1.807, 2.05) is 0 Å². The van der Waals surface area contributed by atoms with Crippen LogP contribution in [-0.4, -0.2) is 12.6 Å². The van der Waals surface area contributed by atoms with Gasteiger partial charge in [-0.3, -0.25) is 5.84 Å². The fourth-order valence-electron chi connectivity index (χ4n) is 2.53. The molecule has 1 saturated carbocycles. The van der Waals surface area contributed by atoms with Crippen LogP contribution in [0.4, 0.5) is 0 Å². The van der Waals surface area contributed by atoms with Crippen molar-refractivity contribution in [2.24, 2.45) is 11.8 Å². The van der Waals surface area contributed by atoms with Crippen molar-refractivity contribution in [3.8, 4) is 0 Å². The molecule has 0 bridgehead atoms. The van der Waals surface area contributed by atoms with E-state index >= 15 is 0 Å². The molecule has 14 heavy (non-hydrogen) atoms. The van der Waals surface area contributed by atoms with Crippen LogP contribution < -0.4 is 11.3 Å². The van der Waals surface area contributed by atoms with Crippen molar-refractivity contribution in [1.29, 1.82) is 0 Å². The number of nitrogens with two attached hydrogens (primary N) is 1. The Hall–Kier alpha value is -0.540. The van der Waals surface area contributed by atoms with E-state index in [0.29, 0.717) is 0 Å². The van der Waals surface area contributed by atoms with Crippen molar-refractivity contribution in [3.63, 3.8) is 0 Å². The average Bonchev–Trinajstić information content (AvgIpc) is 2.86. The zero-order valence-electron chi connectivity index (χ0n) is 8.67. The van der Waals surface area contributed by atoms with E-state index in [9.17, 15) is 0 Å². The molecule has 3 N–H and O–H groups in total. The van der Waals surface area contributed by atoms with Crippen molar-refractivity contribution in [3.05, 3.63) is 11.8 Å². The first-order valence-corrected chi connectivity index (χ1v) is 5.69. The summed E-state index contributed by atoms with van der Waals surface area (Å²) in [6, 6.07) is 0.251. The second-order valence-corrected chi connectivity index (χ2v) is 4.35. The lowest BCUT2D eigenvalue weighted by atomic mass is 9.97. The maximum absolute atomic E-state index is 5.56. The van der Waals surface area contributed by atoms with Gasteiger partial charge >= 0.3 is 0 Å². The molecule has 0 saturated heterocycles. The molecule has 1 unspecified atom stereocenters. The molecule has 0 aromatic heterocycles. The predicted molar refractivity (Wildman–Crippen MR) is 56.3 cm³/mol. The van der Waals surface area contributed by atoms with E-state index < -0.39 is 0 Å². The van der Waals surface area contributed by atoms with Gasteiger partial charge in [0, 0.05) is 6.42 Å². The summed E-state index contributed by atoms with van der Waals surface area (Å²) in [5.41, 5.74) is 2.88. The molecular formula is C11H20N2O. The molecule has 0 aromatic carbocycles. The number of hydrogen-bond donors (Lipinski definition) is 2. The van der Waals surface area contributed by atoms with E-state index in [1.54, 1.807) is 0 Å². The highest BCUT2D eigenvalue weighted by Crippen LogP contribution is 2.30. The maximum atomic E-state index is 5.56. The lowest BCUT2D eigenvalue weighted by Gasteiger charge is -2.20. The molecule has 3 nitrogen and oxygen atoms in total. The Balaban J connectivity index is 1.85. The van der Waals surface area contributed by atoms with Gasteiger partial charge in [0.15, 0.2) is 0 Å². The molecule has 1 aliphatic heterocycles. The Morgan fingerprint density at radius 2 is 2.29 bits per heavy atom. The minimum atomic E-state index is 0.251. The first-order valence-electron chi connectivity index (χ1n) is 5.69. The topological polar surface area (TPSA) is 47.3 Å². The Kier molecular flexibility index (Phi) is 3.43. The summed E-state index contributed by atoms with van der Waals surface area (Å²) in [6.07, 6.45) is 9.86. The standard InChI is InChI=1S/C11H20N2O/c12-13-10(11-6-3-7-14-11)8-9-4-1-2-5-9/h6,9-10,13H,1-5,7-8,12H2. The monoisotopic (exact) mass is 196 g/mol. The van der Waals surface area contributed by atoms with Gasteiger partial charge in [-0.05, 0) is 18.4 Å². The lowest BCUT2D eigenvalue weighted by molar-refractivity contribution is 0.204. The smallest absolute Gasteiger partial charge is 0.110 e. The van der Waals surface area contributed by atoms with Crippen LogP contribution in [0.5, 0.6) is 0 Å². The predicted octanol–water partition coefficient (Wildman–Crippen LogP) is 1.70. The summed E-state index contributed by atoms with van der Waals surface area (Å²) in [4.78, 5) is 0. The van der Waals surface area contributed by atoms with E-state index in [0.717, 1.165) is 31.1 Å². The van der Waals surface area contributed by atoms with E-state index in [-0.39, 0.29) is 6.04 Å². The third kappa shape index (κ3) is 2.28. The normalized spacial score (nSPS) is 24.8. The fourth-order valence-corrected chi connectivity index (χ4v) is 2.53. The van der Waals surface area contributed by atoms with Crippen LogP contribution in [0.3, 0.4) is 0 Å². The third-order valence-corrected chi connectivity index (χ3v) is 3.32. The highest BCUT2D eigenvalue weighted by Gasteiger charge is 2.23. The van der Waals surface area contributed by atoms with Crippen LogP contribution in [0.2, 0.25) is 0 Å². The third-order valence-electron chi connectivity index (χ3n) is 3.32. The lowest BCUT2D eigenvalue weighted by Crippen LogP contribution is -2.38. The van der Waals surface area contributed by atoms with Gasteiger partial charge < -0.3 is 4.74 Å². The summed E-state index contributed by atoms with van der Waals surface area (Å²) in [5.74, 6) is 7.48. The summed E-state index contributed by atoms with van der Waals surface area (Å²) in [6.45, 7) is 0.832. The van der Waals surface area contributed by atoms with Crippen molar-refractivity contribution < 1.29 is 4.74 Å². The number of nitrogens with one attached hydrogen (secondary N) is 1. The highest BCUT2D eigenvalue weighted by atomic mass is 16.5. The molecule has 1 fully saturated rings. The Labute approximate surface area is 85.7 Å². The SMILES string of the molecule is NNC(CC1CCCC1)C1=CCCO1. The van der Waals surface area contributed by atoms with Gasteiger partial charge in [-0.2, -0.15) is 0 Å². The average molecular weight is 196 g/mol. The van der Waals surface area contributed by atoms with E-state index in [1.165, 1.54) is 25.7 Å². The van der Waals surface area contributed by atoms with Gasteiger partial charge in [-0.25, -0.2) is 5.43 Å². The summed E-state index contributed by atoms with van der Waals surface area (Å²) in [7, 11) is 0. The van der Waals surface area contributed by atoms with Gasteiger partial charge in [0.2, 0.25) is 0 Å². The number of hydrogen-bond acceptors (Lipinski definition) is 3. The fraction of sp³-hybridized carbons (Fsp3) is 0.818. The molecule has 2 rings (SSSR count). The van der Waals surface area contributed by atoms with Crippen molar-refractivity contribution in [2.75, 3.05) is 6.61 Å². The minimum absolute atomic E-state index is 0.251. The second kappa shape index (κ2) is 4.80. The van der Waals surface area contributed by atoms with Gasteiger partial charge in [0.1, 0.15) is 5.76 Å². The largest absolute Gasteiger partial charge is 0.496 e. The minimum Gasteiger partial charge on any atom is -0.496 e. The molecule has 2 aliphatic rings. The zero-order chi connectivity index (χ0) is 9.80. The molecular weight excluding hydrogens is 176 g/mol. The zero-order valence-corrected chi connectivity index (χ0v) is 8.67. The second-order valence-electron chi connectivity index (χ2n) is 4.35. The molecule has 0 radical (unpaired) electrons. The van der Waals surface area contributed by atoms with Crippen LogP contribution in [0.15, 0.2) is 11.8 Å². The first-order chi connectivity index (χ1) is 6.90. The first kappa shape index (κ1) is 9.99. The summed E-state index contributed by atoms with van der Waals surface area (Å²) >= 11 is 0. The molecule has 1 aliphatic carbocycles. The molecule has 80 valence electrons. The van der Waals surface area contributed by atoms with Gasteiger partial charge in [0.25, 0.3) is 0 Å². The van der Waals surface area contributed by atoms with Crippen molar-refractivity contribution >= 4 is 0 Å². The van der Waals surface area contributed by atoms with Crippen LogP contribution in [0.1, 0.15) is 38.5 Å². The molecule has 0 aromatic rings. The van der Waals surface area contributed by atoms with Gasteiger partial charge in [-0.1, -0.05) is 25.7 Å². The van der Waals surface area contributed by atoms with Crippen molar-refractivity contribution in [1.82, 2.24) is 5.43 Å². The highest BCUT2D eigenvalue weighted by molar-refractivity contribution is 5.07. The van der Waals surface area contributed by atoms with E-state index in [4.69, 9.17) is 10.6 Å². The number of hydrazine groups is 1. The Morgan fingerprint density at radius 3 is 2.86 bits per heavy atom. The summed E-state index contributed by atoms with van der Waals surface area (Å²) in [5, 5.41) is 0. The summed E-state index contributed by atoms with van der Waals surface area (Å²) < 4.78 is 5.53. The van der Waals surface area contributed by atoms with Crippen LogP contribution in [-0.2, 0) is 4.74 Å². The van der Waals surface area contributed by atoms with Crippen LogP contribution >= 0.6 is 0 Å². The van der Waals surface area contributed by atoms with Crippen LogP contribution in [0.25, 0.3) is 0 Å². The molecule has 0 spiro atoms. The molecule has 1 heterocycles. The molecule has 1 atom stereocenters. The van der Waals surface area contributed by atoms with Crippen LogP contribution in [0, 0.1) is 5.92 Å². The Morgan fingerprint density at radius 1 is 1.50 bits per heavy atom. The molecule has 0 amide bonds. The van der Waals surface area contributed by atoms with Gasteiger partial charge in [-0.15, -0.1) is 0 Å². The number of rotatable bonds is 4. The maximum Gasteiger partial charge on any atom is 0.110 e. The number of ether oxygens (including phenoxy) is 1. The van der Waals surface area contributed by atoms with Crippen molar-refractivity contribution in [2.45, 2.75) is 44.6 Å². The molecule has 3 heteroatoms.